The molecule has 0 amide bonds. The standard InChI is InChI=1S/C14H15ClN2/c1-3-12(11-7-5-4-6-8-11)13-9-14(15)17-10(2)16-13/h4-9,12H,3H2,1-2H3/t12-/m0/s1. The van der Waals surface area contributed by atoms with E-state index in [4.69, 9.17) is 11.6 Å². The van der Waals surface area contributed by atoms with Crippen LogP contribution in [-0.4, -0.2) is 9.97 Å². The highest BCUT2D eigenvalue weighted by molar-refractivity contribution is 6.29. The number of benzene rings is 1. The van der Waals surface area contributed by atoms with Crippen LogP contribution < -0.4 is 0 Å². The van der Waals surface area contributed by atoms with Gasteiger partial charge in [-0.3, -0.25) is 0 Å². The quantitative estimate of drug-likeness (QED) is 0.766. The molecule has 2 aromatic rings. The number of aromatic nitrogens is 2. The molecule has 1 aromatic heterocycles. The maximum absolute atomic E-state index is 5.99. The van der Waals surface area contributed by atoms with Crippen LogP contribution in [0.1, 0.15) is 36.3 Å². The Bertz CT molecular complexity index is 477. The van der Waals surface area contributed by atoms with Gasteiger partial charge < -0.3 is 0 Å². The lowest BCUT2D eigenvalue weighted by molar-refractivity contribution is 0.738. The summed E-state index contributed by atoms with van der Waals surface area (Å²) in [6.45, 7) is 4.02. The van der Waals surface area contributed by atoms with E-state index >= 15 is 0 Å². The maximum atomic E-state index is 5.99. The highest BCUT2D eigenvalue weighted by Gasteiger charge is 2.14. The van der Waals surface area contributed by atoms with E-state index in [9.17, 15) is 0 Å². The van der Waals surface area contributed by atoms with Gasteiger partial charge in [0.15, 0.2) is 0 Å². The first-order valence-corrected chi connectivity index (χ1v) is 6.14. The molecule has 2 rings (SSSR count). The fourth-order valence-corrected chi connectivity index (χ4v) is 2.27. The molecule has 0 N–H and O–H groups in total. The Labute approximate surface area is 107 Å². The second-order valence-electron chi connectivity index (χ2n) is 4.03. The van der Waals surface area contributed by atoms with Crippen molar-refractivity contribution in [2.75, 3.05) is 0 Å². The molecule has 2 nitrogen and oxygen atoms in total. The highest BCUT2D eigenvalue weighted by Crippen LogP contribution is 2.27. The largest absolute Gasteiger partial charge is 0.238 e. The SMILES string of the molecule is CC[C@@H](c1ccccc1)c1cc(Cl)nc(C)n1. The number of aryl methyl sites for hydroxylation is 1. The van der Waals surface area contributed by atoms with Gasteiger partial charge in [-0.05, 0) is 25.0 Å². The maximum Gasteiger partial charge on any atom is 0.133 e. The summed E-state index contributed by atoms with van der Waals surface area (Å²) in [5.41, 5.74) is 2.26. The van der Waals surface area contributed by atoms with Gasteiger partial charge in [-0.25, -0.2) is 9.97 Å². The van der Waals surface area contributed by atoms with Gasteiger partial charge in [-0.2, -0.15) is 0 Å². The van der Waals surface area contributed by atoms with E-state index in [2.05, 4.69) is 29.0 Å². The zero-order valence-corrected chi connectivity index (χ0v) is 10.8. The average molecular weight is 247 g/mol. The lowest BCUT2D eigenvalue weighted by Gasteiger charge is -2.15. The van der Waals surface area contributed by atoms with Crippen molar-refractivity contribution in [3.05, 3.63) is 58.6 Å². The fraction of sp³-hybridized carbons (Fsp3) is 0.286. The second kappa shape index (κ2) is 5.28. The lowest BCUT2D eigenvalue weighted by atomic mass is 9.93. The van der Waals surface area contributed by atoms with Crippen molar-refractivity contribution >= 4 is 11.6 Å². The zero-order valence-electron chi connectivity index (χ0n) is 10.0. The number of hydrogen-bond acceptors (Lipinski definition) is 2. The molecule has 0 saturated carbocycles. The minimum absolute atomic E-state index is 0.287. The molecule has 1 aromatic carbocycles. The van der Waals surface area contributed by atoms with E-state index in [1.807, 2.05) is 31.2 Å². The van der Waals surface area contributed by atoms with Crippen LogP contribution in [0, 0.1) is 6.92 Å². The first-order valence-electron chi connectivity index (χ1n) is 5.76. The number of halogens is 1. The second-order valence-corrected chi connectivity index (χ2v) is 4.42. The zero-order chi connectivity index (χ0) is 12.3. The Morgan fingerprint density at radius 2 is 1.88 bits per heavy atom. The van der Waals surface area contributed by atoms with Gasteiger partial charge in [0.05, 0.1) is 5.69 Å². The third-order valence-electron chi connectivity index (χ3n) is 2.79. The molecule has 0 fully saturated rings. The molecular weight excluding hydrogens is 232 g/mol. The molecule has 3 heteroatoms. The number of hydrogen-bond donors (Lipinski definition) is 0. The lowest BCUT2D eigenvalue weighted by Crippen LogP contribution is -2.04. The molecule has 1 atom stereocenters. The minimum Gasteiger partial charge on any atom is -0.238 e. The van der Waals surface area contributed by atoms with Crippen molar-refractivity contribution in [3.63, 3.8) is 0 Å². The normalized spacial score (nSPS) is 12.4. The first-order chi connectivity index (χ1) is 8.20. The Morgan fingerprint density at radius 1 is 1.18 bits per heavy atom. The van der Waals surface area contributed by atoms with Gasteiger partial charge in [-0.15, -0.1) is 0 Å². The molecule has 0 unspecified atom stereocenters. The molecular formula is C14H15ClN2. The van der Waals surface area contributed by atoms with Crippen molar-refractivity contribution in [3.8, 4) is 0 Å². The monoisotopic (exact) mass is 246 g/mol. The van der Waals surface area contributed by atoms with E-state index in [0.29, 0.717) is 5.15 Å². The highest BCUT2D eigenvalue weighted by atomic mass is 35.5. The Morgan fingerprint density at radius 3 is 2.47 bits per heavy atom. The molecule has 88 valence electrons. The van der Waals surface area contributed by atoms with Gasteiger partial charge in [0, 0.05) is 5.92 Å². The number of rotatable bonds is 3. The van der Waals surface area contributed by atoms with Crippen LogP contribution in [0.5, 0.6) is 0 Å². The van der Waals surface area contributed by atoms with E-state index in [0.717, 1.165) is 17.9 Å². The summed E-state index contributed by atoms with van der Waals surface area (Å²) in [7, 11) is 0. The Balaban J connectivity index is 2.42. The van der Waals surface area contributed by atoms with Crippen LogP contribution in [0.25, 0.3) is 0 Å². The van der Waals surface area contributed by atoms with Gasteiger partial charge in [0.1, 0.15) is 11.0 Å². The van der Waals surface area contributed by atoms with Crippen LogP contribution in [0.4, 0.5) is 0 Å². The van der Waals surface area contributed by atoms with Crippen molar-refractivity contribution in [1.82, 2.24) is 9.97 Å². The average Bonchev–Trinajstić information content (AvgIpc) is 2.30. The molecule has 0 aliphatic carbocycles. The molecule has 0 radical (unpaired) electrons. The summed E-state index contributed by atoms with van der Waals surface area (Å²) in [5.74, 6) is 1.01. The molecule has 17 heavy (non-hydrogen) atoms. The summed E-state index contributed by atoms with van der Waals surface area (Å²) in [6.07, 6.45) is 0.997. The molecule has 0 saturated heterocycles. The smallest absolute Gasteiger partial charge is 0.133 e. The van der Waals surface area contributed by atoms with Gasteiger partial charge >= 0.3 is 0 Å². The van der Waals surface area contributed by atoms with Gasteiger partial charge in [-0.1, -0.05) is 48.9 Å². The number of nitrogens with zero attached hydrogens (tertiary/aromatic N) is 2. The van der Waals surface area contributed by atoms with E-state index in [1.54, 1.807) is 0 Å². The fourth-order valence-electron chi connectivity index (χ4n) is 2.03. The summed E-state index contributed by atoms with van der Waals surface area (Å²) in [5, 5.41) is 0.516. The minimum atomic E-state index is 0.287. The van der Waals surface area contributed by atoms with Crippen molar-refractivity contribution in [2.24, 2.45) is 0 Å². The third-order valence-corrected chi connectivity index (χ3v) is 2.99. The predicted molar refractivity (Wildman–Crippen MR) is 70.4 cm³/mol. The molecule has 0 aliphatic heterocycles. The molecule has 0 spiro atoms. The summed E-state index contributed by atoms with van der Waals surface area (Å²) in [4.78, 5) is 8.58. The molecule has 1 heterocycles. The van der Waals surface area contributed by atoms with Crippen LogP contribution >= 0.6 is 11.6 Å². The summed E-state index contributed by atoms with van der Waals surface area (Å²) in [6, 6.07) is 12.2. The van der Waals surface area contributed by atoms with Crippen molar-refractivity contribution in [1.29, 1.82) is 0 Å². The topological polar surface area (TPSA) is 25.8 Å². The van der Waals surface area contributed by atoms with Crippen LogP contribution in [0.2, 0.25) is 5.15 Å². The molecule has 0 bridgehead atoms. The Kier molecular flexibility index (Phi) is 3.75. The van der Waals surface area contributed by atoms with E-state index in [-0.39, 0.29) is 5.92 Å². The summed E-state index contributed by atoms with van der Waals surface area (Å²) >= 11 is 5.99. The van der Waals surface area contributed by atoms with Crippen LogP contribution in [0.3, 0.4) is 0 Å². The van der Waals surface area contributed by atoms with Crippen molar-refractivity contribution < 1.29 is 0 Å². The van der Waals surface area contributed by atoms with E-state index < -0.39 is 0 Å². The first kappa shape index (κ1) is 12.1. The predicted octanol–water partition coefficient (Wildman–Crippen LogP) is 3.98. The third kappa shape index (κ3) is 2.83. The van der Waals surface area contributed by atoms with Crippen LogP contribution in [-0.2, 0) is 0 Å². The summed E-state index contributed by atoms with van der Waals surface area (Å²) < 4.78 is 0. The van der Waals surface area contributed by atoms with Gasteiger partial charge in [0.2, 0.25) is 0 Å². The molecule has 0 aliphatic rings. The Hall–Kier alpha value is -1.41. The van der Waals surface area contributed by atoms with Crippen LogP contribution in [0.15, 0.2) is 36.4 Å². The van der Waals surface area contributed by atoms with Crippen molar-refractivity contribution in [2.45, 2.75) is 26.2 Å². The van der Waals surface area contributed by atoms with E-state index in [1.165, 1.54) is 5.56 Å². The van der Waals surface area contributed by atoms with Gasteiger partial charge in [0.25, 0.3) is 0 Å².